The van der Waals surface area contributed by atoms with E-state index in [0.29, 0.717) is 31.4 Å². The minimum atomic E-state index is -3.60. The molecule has 0 amide bonds. The minimum absolute atomic E-state index is 0.186. The second-order valence-corrected chi connectivity index (χ2v) is 11.3. The predicted octanol–water partition coefficient (Wildman–Crippen LogP) is 2.34. The van der Waals surface area contributed by atoms with E-state index < -0.39 is 15.1 Å². The van der Waals surface area contributed by atoms with Gasteiger partial charge < -0.3 is 9.80 Å². The molecule has 0 spiro atoms. The van der Waals surface area contributed by atoms with Crippen molar-refractivity contribution in [2.75, 3.05) is 49.1 Å². The first-order valence-corrected chi connectivity index (χ1v) is 12.9. The highest BCUT2D eigenvalue weighted by molar-refractivity contribution is 7.92. The number of benzene rings is 1. The molecule has 3 aliphatic rings. The van der Waals surface area contributed by atoms with Crippen LogP contribution in [0.2, 0.25) is 5.02 Å². The van der Waals surface area contributed by atoms with Crippen molar-refractivity contribution in [3.05, 3.63) is 41.3 Å². The molecule has 168 valence electrons. The van der Waals surface area contributed by atoms with Gasteiger partial charge in [-0.25, -0.2) is 13.4 Å². The van der Waals surface area contributed by atoms with Crippen LogP contribution in [0.25, 0.3) is 0 Å². The fourth-order valence-electron chi connectivity index (χ4n) is 5.07. The number of fused-ring (bicyclic) bond motifs is 1. The topological polar surface area (TPSA) is 93.4 Å². The van der Waals surface area contributed by atoms with Crippen LogP contribution in [0.15, 0.2) is 35.5 Å². The van der Waals surface area contributed by atoms with E-state index in [1.165, 1.54) is 25.6 Å². The molecule has 10 heteroatoms. The number of halogens is 1. The second-order valence-electron chi connectivity index (χ2n) is 8.67. The van der Waals surface area contributed by atoms with Gasteiger partial charge in [0.1, 0.15) is 11.9 Å². The Morgan fingerprint density at radius 2 is 1.94 bits per heavy atom. The Morgan fingerprint density at radius 3 is 2.75 bits per heavy atom. The van der Waals surface area contributed by atoms with Crippen molar-refractivity contribution in [3.63, 3.8) is 0 Å². The van der Waals surface area contributed by atoms with E-state index in [1.807, 2.05) is 17.0 Å². The molecule has 2 aromatic rings. The highest BCUT2D eigenvalue weighted by atomic mass is 35.5. The summed E-state index contributed by atoms with van der Waals surface area (Å²) in [7, 11) is -3.60. The summed E-state index contributed by atoms with van der Waals surface area (Å²) in [5, 5.41) is 8.73. The zero-order chi connectivity index (χ0) is 22.3. The van der Waals surface area contributed by atoms with Crippen molar-refractivity contribution in [2.45, 2.75) is 35.4 Å². The maximum absolute atomic E-state index is 13.4. The molecule has 1 aromatic carbocycles. The van der Waals surface area contributed by atoms with E-state index in [0.717, 1.165) is 25.3 Å². The summed E-state index contributed by atoms with van der Waals surface area (Å²) in [6.07, 6.45) is 5.89. The van der Waals surface area contributed by atoms with Crippen LogP contribution in [0.1, 0.15) is 25.0 Å². The van der Waals surface area contributed by atoms with Gasteiger partial charge in [-0.1, -0.05) is 11.6 Å². The van der Waals surface area contributed by atoms with Gasteiger partial charge in [-0.3, -0.25) is 9.88 Å². The number of nitrogens with zero attached hydrogens (tertiary/aromatic N) is 6. The molecule has 4 heterocycles. The number of sulfone groups is 1. The Kier molecular flexibility index (Phi) is 5.70. The van der Waals surface area contributed by atoms with Crippen molar-refractivity contribution in [2.24, 2.45) is 0 Å². The normalized spacial score (nSPS) is 23.9. The Morgan fingerprint density at radius 1 is 1.06 bits per heavy atom. The first-order valence-electron chi connectivity index (χ1n) is 11.0. The van der Waals surface area contributed by atoms with Gasteiger partial charge in [0.2, 0.25) is 0 Å². The van der Waals surface area contributed by atoms with Crippen LogP contribution in [0.3, 0.4) is 0 Å². The number of nitriles is 1. The SMILES string of the molecule is N#Cc1cncc(N2CCC(S(=O)(=O)c3ccc(N4CCN5CCCC5C4)cc3Cl)C2)n1. The average molecular weight is 473 g/mol. The van der Waals surface area contributed by atoms with Gasteiger partial charge in [0.25, 0.3) is 0 Å². The number of anilines is 2. The van der Waals surface area contributed by atoms with Crippen LogP contribution in [0, 0.1) is 11.3 Å². The monoisotopic (exact) mass is 472 g/mol. The molecule has 2 atom stereocenters. The van der Waals surface area contributed by atoms with Gasteiger partial charge in [-0.05, 0) is 44.0 Å². The summed E-state index contributed by atoms with van der Waals surface area (Å²) < 4.78 is 26.7. The molecular formula is C22H25ClN6O2S. The molecule has 0 radical (unpaired) electrons. The van der Waals surface area contributed by atoms with Crippen LogP contribution in [0.5, 0.6) is 0 Å². The van der Waals surface area contributed by atoms with Crippen molar-refractivity contribution >= 4 is 32.9 Å². The van der Waals surface area contributed by atoms with Gasteiger partial charge in [0, 0.05) is 44.5 Å². The lowest BCUT2D eigenvalue weighted by Crippen LogP contribution is -2.50. The van der Waals surface area contributed by atoms with Crippen LogP contribution in [0.4, 0.5) is 11.5 Å². The Hall–Kier alpha value is -2.41. The van der Waals surface area contributed by atoms with E-state index in [1.54, 1.807) is 18.3 Å². The summed E-state index contributed by atoms with van der Waals surface area (Å²) in [6, 6.07) is 7.89. The lowest BCUT2D eigenvalue weighted by atomic mass is 10.1. The molecule has 0 bridgehead atoms. The number of aromatic nitrogens is 2. The lowest BCUT2D eigenvalue weighted by Gasteiger charge is -2.39. The van der Waals surface area contributed by atoms with Gasteiger partial charge in [0.15, 0.2) is 15.5 Å². The fourth-order valence-corrected chi connectivity index (χ4v) is 7.31. The predicted molar refractivity (Wildman–Crippen MR) is 123 cm³/mol. The number of hydrogen-bond acceptors (Lipinski definition) is 8. The summed E-state index contributed by atoms with van der Waals surface area (Å²) in [4.78, 5) is 15.2. The van der Waals surface area contributed by atoms with Crippen molar-refractivity contribution in [1.29, 1.82) is 5.26 Å². The van der Waals surface area contributed by atoms with Crippen molar-refractivity contribution in [3.8, 4) is 6.07 Å². The molecule has 1 aromatic heterocycles. The van der Waals surface area contributed by atoms with Crippen LogP contribution in [-0.4, -0.2) is 73.8 Å². The van der Waals surface area contributed by atoms with Crippen LogP contribution in [-0.2, 0) is 9.84 Å². The van der Waals surface area contributed by atoms with Gasteiger partial charge in [-0.15, -0.1) is 0 Å². The van der Waals surface area contributed by atoms with Crippen molar-refractivity contribution < 1.29 is 8.42 Å². The quantitative estimate of drug-likeness (QED) is 0.669. The maximum Gasteiger partial charge on any atom is 0.184 e. The van der Waals surface area contributed by atoms with Crippen LogP contribution >= 0.6 is 11.6 Å². The molecule has 32 heavy (non-hydrogen) atoms. The standard InChI is InChI=1S/C22H25ClN6O2S/c23-20-10-17(28-9-8-27-6-1-2-18(27)14-28)3-4-21(20)32(30,31)19-5-7-29(15-19)22-13-25-12-16(11-24)26-22/h3-4,10,12-13,18-19H,1-2,5-9,14-15H2. The molecule has 3 aliphatic heterocycles. The molecule has 0 N–H and O–H groups in total. The molecule has 5 rings (SSSR count). The molecule has 0 aliphatic carbocycles. The molecule has 3 saturated heterocycles. The third-order valence-electron chi connectivity index (χ3n) is 6.82. The van der Waals surface area contributed by atoms with Crippen molar-refractivity contribution in [1.82, 2.24) is 14.9 Å². The number of hydrogen-bond donors (Lipinski definition) is 0. The zero-order valence-corrected chi connectivity index (χ0v) is 19.3. The van der Waals surface area contributed by atoms with Gasteiger partial charge in [0.05, 0.1) is 27.6 Å². The average Bonchev–Trinajstić information content (AvgIpc) is 3.48. The van der Waals surface area contributed by atoms with E-state index in [4.69, 9.17) is 16.9 Å². The third-order valence-corrected chi connectivity index (χ3v) is 9.47. The highest BCUT2D eigenvalue weighted by Crippen LogP contribution is 2.34. The van der Waals surface area contributed by atoms with Gasteiger partial charge >= 0.3 is 0 Å². The highest BCUT2D eigenvalue weighted by Gasteiger charge is 2.37. The van der Waals surface area contributed by atoms with E-state index >= 15 is 0 Å². The summed E-state index contributed by atoms with van der Waals surface area (Å²) in [5.74, 6) is 0.522. The van der Waals surface area contributed by atoms with E-state index in [-0.39, 0.29) is 15.6 Å². The van der Waals surface area contributed by atoms with E-state index in [2.05, 4.69) is 19.8 Å². The van der Waals surface area contributed by atoms with Gasteiger partial charge in [-0.2, -0.15) is 5.26 Å². The Bertz CT molecular complexity index is 1170. The lowest BCUT2D eigenvalue weighted by molar-refractivity contribution is 0.231. The number of rotatable bonds is 4. The first-order chi connectivity index (χ1) is 15.5. The summed E-state index contributed by atoms with van der Waals surface area (Å²) >= 11 is 6.53. The first kappa shape index (κ1) is 21.4. The Balaban J connectivity index is 1.32. The molecule has 3 fully saturated rings. The summed E-state index contributed by atoms with van der Waals surface area (Å²) in [5.41, 5.74) is 1.20. The largest absolute Gasteiger partial charge is 0.369 e. The molecule has 2 unspecified atom stereocenters. The fraction of sp³-hybridized carbons (Fsp3) is 0.500. The van der Waals surface area contributed by atoms with E-state index in [9.17, 15) is 8.42 Å². The zero-order valence-electron chi connectivity index (χ0n) is 17.7. The number of piperazine rings is 1. The molecule has 0 saturated carbocycles. The molecular weight excluding hydrogens is 448 g/mol. The summed E-state index contributed by atoms with van der Waals surface area (Å²) in [6.45, 7) is 4.95. The smallest absolute Gasteiger partial charge is 0.184 e. The van der Waals surface area contributed by atoms with Crippen LogP contribution < -0.4 is 9.80 Å². The third kappa shape index (κ3) is 3.91. The second kappa shape index (κ2) is 8.50. The maximum atomic E-state index is 13.4. The Labute approximate surface area is 193 Å². The molecule has 8 nitrogen and oxygen atoms in total. The minimum Gasteiger partial charge on any atom is -0.369 e.